The summed E-state index contributed by atoms with van der Waals surface area (Å²) in [6.45, 7) is 4.41. The third-order valence-corrected chi connectivity index (χ3v) is 3.47. The second kappa shape index (κ2) is 6.45. The monoisotopic (exact) mass is 262 g/mol. The molecule has 4 heteroatoms. The zero-order valence-electron chi connectivity index (χ0n) is 11.5. The lowest BCUT2D eigenvalue weighted by Gasteiger charge is -2.31. The summed E-state index contributed by atoms with van der Waals surface area (Å²) >= 11 is 0. The largest absolute Gasteiger partial charge is 0.493 e. The van der Waals surface area contributed by atoms with Crippen LogP contribution in [0.5, 0.6) is 5.75 Å². The van der Waals surface area contributed by atoms with Crippen LogP contribution in [0.3, 0.4) is 0 Å². The van der Waals surface area contributed by atoms with Crippen molar-refractivity contribution in [1.29, 1.82) is 0 Å². The number of hydrogen-bond acceptors (Lipinski definition) is 3. The van der Waals surface area contributed by atoms with Crippen molar-refractivity contribution in [3.63, 3.8) is 0 Å². The van der Waals surface area contributed by atoms with Crippen LogP contribution in [0.25, 0.3) is 0 Å². The Hall–Kier alpha value is -1.71. The fraction of sp³-hybridized carbons (Fsp3) is 0.533. The van der Waals surface area contributed by atoms with E-state index in [0.29, 0.717) is 24.6 Å². The minimum atomic E-state index is 0.196. The fourth-order valence-corrected chi connectivity index (χ4v) is 2.39. The highest BCUT2D eigenvalue weighted by Crippen LogP contribution is 2.17. The number of rotatable bonds is 4. The van der Waals surface area contributed by atoms with Gasteiger partial charge in [-0.05, 0) is 43.0 Å². The van der Waals surface area contributed by atoms with Crippen molar-refractivity contribution in [3.8, 4) is 5.75 Å². The quantitative estimate of drug-likeness (QED) is 0.847. The van der Waals surface area contributed by atoms with E-state index in [0.717, 1.165) is 25.3 Å². The molecule has 0 radical (unpaired) electrons. The molecule has 0 aromatic heterocycles. The molecule has 1 saturated heterocycles. The summed E-state index contributed by atoms with van der Waals surface area (Å²) in [5.74, 6) is 1.58. The van der Waals surface area contributed by atoms with Crippen LogP contribution in [0, 0.1) is 5.92 Å². The summed E-state index contributed by atoms with van der Waals surface area (Å²) in [5, 5.41) is 0. The van der Waals surface area contributed by atoms with Crippen molar-refractivity contribution in [2.75, 3.05) is 25.4 Å². The Labute approximate surface area is 114 Å². The molecule has 0 bridgehead atoms. The highest BCUT2D eigenvalue weighted by Gasteiger charge is 2.20. The molecule has 4 nitrogen and oxygen atoms in total. The van der Waals surface area contributed by atoms with E-state index in [4.69, 9.17) is 10.5 Å². The Balaban J connectivity index is 1.73. The molecule has 104 valence electrons. The van der Waals surface area contributed by atoms with E-state index in [1.807, 2.05) is 17.0 Å². The van der Waals surface area contributed by atoms with E-state index >= 15 is 0 Å². The van der Waals surface area contributed by atoms with Gasteiger partial charge in [0.15, 0.2) is 0 Å². The molecule has 0 aliphatic carbocycles. The molecule has 1 aromatic rings. The second-order valence-electron chi connectivity index (χ2n) is 5.25. The first-order valence-electron chi connectivity index (χ1n) is 6.91. The third-order valence-electron chi connectivity index (χ3n) is 3.47. The van der Waals surface area contributed by atoms with E-state index in [1.54, 1.807) is 12.1 Å². The van der Waals surface area contributed by atoms with Crippen molar-refractivity contribution < 1.29 is 9.53 Å². The minimum absolute atomic E-state index is 0.196. The summed E-state index contributed by atoms with van der Waals surface area (Å²) in [5.41, 5.74) is 6.31. The van der Waals surface area contributed by atoms with Gasteiger partial charge in [-0.3, -0.25) is 4.79 Å². The van der Waals surface area contributed by atoms with Crippen molar-refractivity contribution in [2.45, 2.75) is 26.2 Å². The van der Waals surface area contributed by atoms with Gasteiger partial charge in [0.25, 0.3) is 0 Å². The molecule has 19 heavy (non-hydrogen) atoms. The first kappa shape index (κ1) is 13.7. The van der Waals surface area contributed by atoms with Crippen LogP contribution in [0.4, 0.5) is 5.69 Å². The molecule has 1 unspecified atom stereocenters. The number of hydrogen-bond donors (Lipinski definition) is 1. The average molecular weight is 262 g/mol. The zero-order chi connectivity index (χ0) is 13.7. The van der Waals surface area contributed by atoms with Crippen LogP contribution in [0.15, 0.2) is 24.3 Å². The molecule has 1 fully saturated rings. The Morgan fingerprint density at radius 1 is 1.42 bits per heavy atom. The van der Waals surface area contributed by atoms with Gasteiger partial charge < -0.3 is 15.4 Å². The topological polar surface area (TPSA) is 55.6 Å². The number of piperidine rings is 1. The molecule has 1 atom stereocenters. The molecular formula is C15H22N2O2. The van der Waals surface area contributed by atoms with Gasteiger partial charge in [0, 0.05) is 18.8 Å². The maximum Gasteiger partial charge on any atom is 0.226 e. The van der Waals surface area contributed by atoms with E-state index in [-0.39, 0.29) is 5.91 Å². The summed E-state index contributed by atoms with van der Waals surface area (Å²) in [6, 6.07) is 7.23. The van der Waals surface area contributed by atoms with E-state index in [1.165, 1.54) is 6.42 Å². The van der Waals surface area contributed by atoms with Gasteiger partial charge in [0.1, 0.15) is 5.75 Å². The molecule has 2 rings (SSSR count). The molecule has 2 N–H and O–H groups in total. The van der Waals surface area contributed by atoms with Gasteiger partial charge in [-0.1, -0.05) is 6.92 Å². The molecule has 0 saturated carbocycles. The molecule has 1 amide bonds. The lowest BCUT2D eigenvalue weighted by atomic mass is 10.0. The van der Waals surface area contributed by atoms with Crippen molar-refractivity contribution >= 4 is 11.6 Å². The van der Waals surface area contributed by atoms with Gasteiger partial charge >= 0.3 is 0 Å². The molecule has 1 aliphatic rings. The predicted octanol–water partition coefficient (Wildman–Crippen LogP) is 2.30. The Morgan fingerprint density at radius 2 is 2.16 bits per heavy atom. The number of carbonyl (C=O) groups excluding carboxylic acids is 1. The van der Waals surface area contributed by atoms with Gasteiger partial charge in [0.2, 0.25) is 5.91 Å². The minimum Gasteiger partial charge on any atom is -0.493 e. The van der Waals surface area contributed by atoms with E-state index in [9.17, 15) is 4.79 Å². The maximum absolute atomic E-state index is 12.0. The number of likely N-dealkylation sites (tertiary alicyclic amines) is 1. The summed E-state index contributed by atoms with van der Waals surface area (Å²) in [6.07, 6.45) is 2.79. The maximum atomic E-state index is 12.0. The Kier molecular flexibility index (Phi) is 4.66. The first-order valence-corrected chi connectivity index (χ1v) is 6.91. The number of nitrogen functional groups attached to an aromatic ring is 1. The van der Waals surface area contributed by atoms with E-state index in [2.05, 4.69) is 6.92 Å². The van der Waals surface area contributed by atoms with Crippen LogP contribution >= 0.6 is 0 Å². The fourth-order valence-electron chi connectivity index (χ4n) is 2.39. The van der Waals surface area contributed by atoms with Crippen molar-refractivity contribution in [3.05, 3.63) is 24.3 Å². The van der Waals surface area contributed by atoms with Gasteiger partial charge in [-0.25, -0.2) is 0 Å². The van der Waals surface area contributed by atoms with Crippen LogP contribution in [0.1, 0.15) is 26.2 Å². The molecular weight excluding hydrogens is 240 g/mol. The number of carbonyl (C=O) groups is 1. The highest BCUT2D eigenvalue weighted by molar-refractivity contribution is 5.76. The number of anilines is 1. The number of ether oxygens (including phenoxy) is 1. The highest BCUT2D eigenvalue weighted by atomic mass is 16.5. The summed E-state index contributed by atoms with van der Waals surface area (Å²) in [7, 11) is 0. The zero-order valence-corrected chi connectivity index (χ0v) is 11.5. The summed E-state index contributed by atoms with van der Waals surface area (Å²) in [4.78, 5) is 14.0. The lowest BCUT2D eigenvalue weighted by Crippen LogP contribution is -2.39. The number of amides is 1. The van der Waals surface area contributed by atoms with Crippen LogP contribution < -0.4 is 10.5 Å². The van der Waals surface area contributed by atoms with Crippen LogP contribution in [-0.2, 0) is 4.79 Å². The predicted molar refractivity (Wildman–Crippen MR) is 75.9 cm³/mol. The van der Waals surface area contributed by atoms with Gasteiger partial charge in [-0.2, -0.15) is 0 Å². The number of nitrogens with zero attached hydrogens (tertiary/aromatic N) is 1. The van der Waals surface area contributed by atoms with Gasteiger partial charge in [-0.15, -0.1) is 0 Å². The third kappa shape index (κ3) is 4.16. The number of benzene rings is 1. The molecule has 1 aliphatic heterocycles. The van der Waals surface area contributed by atoms with Crippen LogP contribution in [-0.4, -0.2) is 30.5 Å². The van der Waals surface area contributed by atoms with Gasteiger partial charge in [0.05, 0.1) is 13.0 Å². The van der Waals surface area contributed by atoms with Crippen molar-refractivity contribution in [2.24, 2.45) is 5.92 Å². The Bertz CT molecular complexity index is 417. The number of nitrogens with two attached hydrogens (primary N) is 1. The smallest absolute Gasteiger partial charge is 0.226 e. The average Bonchev–Trinajstić information content (AvgIpc) is 2.41. The molecule has 0 spiro atoms. The Morgan fingerprint density at radius 3 is 2.84 bits per heavy atom. The normalized spacial score (nSPS) is 19.2. The van der Waals surface area contributed by atoms with E-state index < -0.39 is 0 Å². The van der Waals surface area contributed by atoms with Crippen molar-refractivity contribution in [1.82, 2.24) is 4.90 Å². The second-order valence-corrected chi connectivity index (χ2v) is 5.25. The molecule has 1 heterocycles. The standard InChI is InChI=1S/C15H22N2O2/c1-12-3-2-9-17(11-12)15(18)8-10-19-14-6-4-13(16)5-7-14/h4-7,12H,2-3,8-11,16H2,1H3. The lowest BCUT2D eigenvalue weighted by molar-refractivity contribution is -0.133. The first-order chi connectivity index (χ1) is 9.15. The molecule has 1 aromatic carbocycles. The summed E-state index contributed by atoms with van der Waals surface area (Å²) < 4.78 is 5.55. The van der Waals surface area contributed by atoms with Crippen LogP contribution in [0.2, 0.25) is 0 Å². The SMILES string of the molecule is CC1CCCN(C(=O)CCOc2ccc(N)cc2)C1.